The van der Waals surface area contributed by atoms with Gasteiger partial charge in [-0.15, -0.1) is 11.3 Å². The summed E-state index contributed by atoms with van der Waals surface area (Å²) < 4.78 is 28.3. The Labute approximate surface area is 130 Å². The van der Waals surface area contributed by atoms with Crippen LogP contribution in [0.5, 0.6) is 0 Å². The highest BCUT2D eigenvalue weighted by atomic mass is 79.9. The van der Waals surface area contributed by atoms with Gasteiger partial charge >= 0.3 is 0 Å². The Hall–Kier alpha value is -0.890. The standard InChI is InChI=1S/C13H14BrNO3S2/c1-2-9-7-10(14)3-5-12(9)15-20(17,18)13-6-4-11(8-16)19-13/h3-7,15-16H,2,8H2,1H3. The van der Waals surface area contributed by atoms with Gasteiger partial charge in [0.15, 0.2) is 0 Å². The van der Waals surface area contributed by atoms with E-state index < -0.39 is 10.0 Å². The first kappa shape index (κ1) is 15.5. The van der Waals surface area contributed by atoms with Gasteiger partial charge < -0.3 is 5.11 Å². The summed E-state index contributed by atoms with van der Waals surface area (Å²) in [5.41, 5.74) is 1.50. The summed E-state index contributed by atoms with van der Waals surface area (Å²) in [6, 6.07) is 8.54. The van der Waals surface area contributed by atoms with Crippen LogP contribution < -0.4 is 4.72 Å². The molecule has 0 spiro atoms. The second-order valence-electron chi connectivity index (χ2n) is 4.14. The van der Waals surface area contributed by atoms with Crippen molar-refractivity contribution in [2.75, 3.05) is 4.72 Å². The van der Waals surface area contributed by atoms with Crippen LogP contribution in [0.4, 0.5) is 5.69 Å². The lowest BCUT2D eigenvalue weighted by Gasteiger charge is -2.11. The van der Waals surface area contributed by atoms with E-state index in [1.165, 1.54) is 6.07 Å². The summed E-state index contributed by atoms with van der Waals surface area (Å²) >= 11 is 4.44. The molecular weight excluding hydrogens is 362 g/mol. The number of thiophene rings is 1. The minimum Gasteiger partial charge on any atom is -0.391 e. The molecule has 0 unspecified atom stereocenters. The Balaban J connectivity index is 2.33. The highest BCUT2D eigenvalue weighted by Crippen LogP contribution is 2.27. The van der Waals surface area contributed by atoms with Gasteiger partial charge in [0.05, 0.1) is 12.3 Å². The lowest BCUT2D eigenvalue weighted by atomic mass is 10.1. The minimum atomic E-state index is -3.61. The number of sulfonamides is 1. The van der Waals surface area contributed by atoms with Crippen LogP contribution in [-0.2, 0) is 23.1 Å². The number of aliphatic hydroxyl groups excluding tert-OH is 1. The van der Waals surface area contributed by atoms with E-state index in [-0.39, 0.29) is 10.8 Å². The van der Waals surface area contributed by atoms with E-state index in [0.29, 0.717) is 10.6 Å². The highest BCUT2D eigenvalue weighted by molar-refractivity contribution is 9.10. The Bertz CT molecular complexity index is 710. The third-order valence-electron chi connectivity index (χ3n) is 2.75. The van der Waals surface area contributed by atoms with Crippen LogP contribution in [0.2, 0.25) is 0 Å². The maximum Gasteiger partial charge on any atom is 0.271 e. The van der Waals surface area contributed by atoms with Crippen LogP contribution in [0.25, 0.3) is 0 Å². The van der Waals surface area contributed by atoms with E-state index in [4.69, 9.17) is 5.11 Å². The number of hydrogen-bond donors (Lipinski definition) is 2. The van der Waals surface area contributed by atoms with Gasteiger partial charge in [0, 0.05) is 9.35 Å². The molecule has 7 heteroatoms. The molecule has 2 aromatic rings. The zero-order valence-corrected chi connectivity index (χ0v) is 14.0. The molecule has 2 rings (SSSR count). The number of hydrogen-bond acceptors (Lipinski definition) is 4. The molecule has 0 atom stereocenters. The van der Waals surface area contributed by atoms with Crippen molar-refractivity contribution in [1.29, 1.82) is 0 Å². The van der Waals surface area contributed by atoms with E-state index in [1.807, 2.05) is 13.0 Å². The van der Waals surface area contributed by atoms with Crippen molar-refractivity contribution in [1.82, 2.24) is 0 Å². The van der Waals surface area contributed by atoms with Crippen molar-refractivity contribution < 1.29 is 13.5 Å². The van der Waals surface area contributed by atoms with Gasteiger partial charge in [-0.25, -0.2) is 8.42 Å². The van der Waals surface area contributed by atoms with Gasteiger partial charge in [-0.2, -0.15) is 0 Å². The summed E-state index contributed by atoms with van der Waals surface area (Å²) in [6.07, 6.45) is 0.726. The SMILES string of the molecule is CCc1cc(Br)ccc1NS(=O)(=O)c1ccc(CO)s1. The van der Waals surface area contributed by atoms with Crippen LogP contribution in [0.1, 0.15) is 17.4 Å². The van der Waals surface area contributed by atoms with Gasteiger partial charge in [-0.3, -0.25) is 4.72 Å². The van der Waals surface area contributed by atoms with E-state index in [1.54, 1.807) is 18.2 Å². The maximum absolute atomic E-state index is 12.3. The third-order valence-corrected chi connectivity index (χ3v) is 6.17. The van der Waals surface area contributed by atoms with E-state index >= 15 is 0 Å². The summed E-state index contributed by atoms with van der Waals surface area (Å²) in [6.45, 7) is 1.81. The molecule has 0 aliphatic rings. The number of benzene rings is 1. The molecule has 0 amide bonds. The van der Waals surface area contributed by atoms with Crippen molar-refractivity contribution in [3.05, 3.63) is 45.2 Å². The van der Waals surface area contributed by atoms with Crippen molar-refractivity contribution in [3.63, 3.8) is 0 Å². The average molecular weight is 376 g/mol. The topological polar surface area (TPSA) is 66.4 Å². The Morgan fingerprint density at radius 1 is 1.30 bits per heavy atom. The Kier molecular flexibility index (Phi) is 4.85. The average Bonchev–Trinajstić information content (AvgIpc) is 2.90. The molecule has 1 heterocycles. The largest absolute Gasteiger partial charge is 0.391 e. The minimum absolute atomic E-state index is 0.154. The molecule has 0 radical (unpaired) electrons. The number of nitrogens with one attached hydrogen (secondary N) is 1. The Morgan fingerprint density at radius 3 is 2.65 bits per heavy atom. The number of aliphatic hydroxyl groups is 1. The lowest BCUT2D eigenvalue weighted by Crippen LogP contribution is -2.12. The van der Waals surface area contributed by atoms with E-state index in [0.717, 1.165) is 27.8 Å². The molecule has 0 aliphatic heterocycles. The van der Waals surface area contributed by atoms with Crippen LogP contribution in [-0.4, -0.2) is 13.5 Å². The molecule has 2 N–H and O–H groups in total. The van der Waals surface area contributed by atoms with Crippen LogP contribution in [0.3, 0.4) is 0 Å². The molecule has 1 aromatic heterocycles. The molecule has 0 saturated carbocycles. The predicted molar refractivity (Wildman–Crippen MR) is 84.6 cm³/mol. The van der Waals surface area contributed by atoms with Gasteiger partial charge in [-0.1, -0.05) is 22.9 Å². The van der Waals surface area contributed by atoms with E-state index in [9.17, 15) is 8.42 Å². The third kappa shape index (κ3) is 3.41. The second-order valence-corrected chi connectivity index (χ2v) is 8.13. The normalized spacial score (nSPS) is 11.6. The lowest BCUT2D eigenvalue weighted by molar-refractivity contribution is 0.285. The molecular formula is C13H14BrNO3S2. The van der Waals surface area contributed by atoms with Gasteiger partial charge in [-0.05, 0) is 42.3 Å². The van der Waals surface area contributed by atoms with Crippen molar-refractivity contribution >= 4 is 43.0 Å². The zero-order chi connectivity index (χ0) is 14.8. The van der Waals surface area contributed by atoms with E-state index in [2.05, 4.69) is 20.7 Å². The quantitative estimate of drug-likeness (QED) is 0.841. The molecule has 1 aromatic carbocycles. The fourth-order valence-corrected chi connectivity index (χ4v) is 4.46. The van der Waals surface area contributed by atoms with Crippen molar-refractivity contribution in [2.45, 2.75) is 24.2 Å². The first-order valence-corrected chi connectivity index (χ1v) is 9.06. The fourth-order valence-electron chi connectivity index (χ4n) is 1.74. The van der Waals surface area contributed by atoms with Crippen molar-refractivity contribution in [3.8, 4) is 0 Å². The number of halogens is 1. The summed E-state index contributed by atoms with van der Waals surface area (Å²) in [5.74, 6) is 0. The van der Waals surface area contributed by atoms with Gasteiger partial charge in [0.1, 0.15) is 4.21 Å². The smallest absolute Gasteiger partial charge is 0.271 e. The number of rotatable bonds is 5. The summed E-state index contributed by atoms with van der Waals surface area (Å²) in [4.78, 5) is 0.622. The molecule has 0 aliphatic carbocycles. The molecule has 108 valence electrons. The summed E-state index contributed by atoms with van der Waals surface area (Å²) in [5, 5.41) is 9.01. The van der Waals surface area contributed by atoms with Crippen LogP contribution >= 0.6 is 27.3 Å². The van der Waals surface area contributed by atoms with Crippen LogP contribution in [0, 0.1) is 0 Å². The van der Waals surface area contributed by atoms with Crippen molar-refractivity contribution in [2.24, 2.45) is 0 Å². The zero-order valence-electron chi connectivity index (χ0n) is 10.8. The van der Waals surface area contributed by atoms with Crippen LogP contribution in [0.15, 0.2) is 39.0 Å². The number of anilines is 1. The maximum atomic E-state index is 12.3. The monoisotopic (exact) mass is 375 g/mol. The first-order valence-electron chi connectivity index (χ1n) is 5.97. The molecule has 0 bridgehead atoms. The second kappa shape index (κ2) is 6.26. The predicted octanol–water partition coefficient (Wildman–Crippen LogP) is 3.37. The fraction of sp³-hybridized carbons (Fsp3) is 0.231. The first-order chi connectivity index (χ1) is 9.46. The Morgan fingerprint density at radius 2 is 2.05 bits per heavy atom. The molecule has 4 nitrogen and oxygen atoms in total. The number of aryl methyl sites for hydroxylation is 1. The molecule has 20 heavy (non-hydrogen) atoms. The summed E-state index contributed by atoms with van der Waals surface area (Å²) in [7, 11) is -3.61. The van der Waals surface area contributed by atoms with Gasteiger partial charge in [0.25, 0.3) is 10.0 Å². The highest BCUT2D eigenvalue weighted by Gasteiger charge is 2.18. The molecule has 0 fully saturated rings. The molecule has 0 saturated heterocycles. The van der Waals surface area contributed by atoms with Gasteiger partial charge in [0.2, 0.25) is 0 Å².